The van der Waals surface area contributed by atoms with Gasteiger partial charge in [-0.15, -0.1) is 0 Å². The van der Waals surface area contributed by atoms with E-state index in [-0.39, 0.29) is 0 Å². The van der Waals surface area contributed by atoms with Gasteiger partial charge in [-0.25, -0.2) is 0 Å². The van der Waals surface area contributed by atoms with E-state index in [1.54, 1.807) is 0 Å². The van der Waals surface area contributed by atoms with E-state index in [4.69, 9.17) is 5.73 Å². The first-order valence-corrected chi connectivity index (χ1v) is 6.87. The van der Waals surface area contributed by atoms with Crippen molar-refractivity contribution in [1.82, 2.24) is 9.88 Å². The maximum Gasteiger partial charge on any atom is 0.0974 e. The van der Waals surface area contributed by atoms with Crippen LogP contribution in [0.4, 0.5) is 17.1 Å². The van der Waals surface area contributed by atoms with Gasteiger partial charge in [0.1, 0.15) is 0 Å². The zero-order chi connectivity index (χ0) is 14.5. The Hall–Kier alpha value is -2.01. The first-order chi connectivity index (χ1) is 9.63. The Morgan fingerprint density at radius 2 is 2.00 bits per heavy atom. The molecule has 0 spiro atoms. The van der Waals surface area contributed by atoms with Crippen LogP contribution in [0.1, 0.15) is 6.42 Å². The van der Waals surface area contributed by atoms with E-state index in [0.29, 0.717) is 0 Å². The van der Waals surface area contributed by atoms with E-state index >= 15 is 0 Å². The second-order valence-corrected chi connectivity index (χ2v) is 5.12. The number of nitrogens with zero attached hydrogens (tertiary/aromatic N) is 2. The van der Waals surface area contributed by atoms with Crippen LogP contribution in [0.15, 0.2) is 24.4 Å². The van der Waals surface area contributed by atoms with E-state index in [9.17, 15) is 0 Å². The lowest BCUT2D eigenvalue weighted by molar-refractivity contribution is 0.405. The van der Waals surface area contributed by atoms with Crippen molar-refractivity contribution in [1.29, 1.82) is 0 Å². The van der Waals surface area contributed by atoms with Gasteiger partial charge < -0.3 is 21.3 Å². The number of nitrogens with two attached hydrogens (primary N) is 1. The first kappa shape index (κ1) is 14.4. The van der Waals surface area contributed by atoms with Crippen molar-refractivity contribution in [3.8, 4) is 0 Å². The highest BCUT2D eigenvalue weighted by Gasteiger charge is 2.08. The molecule has 0 amide bonds. The molecule has 0 aliphatic carbocycles. The van der Waals surface area contributed by atoms with Crippen LogP contribution in [0, 0.1) is 0 Å². The molecule has 0 aliphatic heterocycles. The Balaban J connectivity index is 2.25. The summed E-state index contributed by atoms with van der Waals surface area (Å²) in [7, 11) is 6.06. The predicted octanol–water partition coefficient (Wildman–Crippen LogP) is 2.22. The number of hydrogen-bond acceptors (Lipinski definition) is 5. The van der Waals surface area contributed by atoms with Gasteiger partial charge in [0.05, 0.1) is 11.2 Å². The summed E-state index contributed by atoms with van der Waals surface area (Å²) in [6.07, 6.45) is 2.90. The van der Waals surface area contributed by atoms with Crippen LogP contribution in [0.25, 0.3) is 10.9 Å². The molecule has 0 bridgehead atoms. The number of fused-ring (bicyclic) bond motifs is 1. The molecular weight excluding hydrogens is 250 g/mol. The van der Waals surface area contributed by atoms with Crippen LogP contribution in [0.5, 0.6) is 0 Å². The van der Waals surface area contributed by atoms with Gasteiger partial charge in [0.2, 0.25) is 0 Å². The molecule has 5 heteroatoms. The van der Waals surface area contributed by atoms with Crippen molar-refractivity contribution in [2.24, 2.45) is 0 Å². The number of pyridine rings is 1. The largest absolute Gasteiger partial charge is 0.398 e. The number of rotatable bonds is 6. The van der Waals surface area contributed by atoms with Crippen molar-refractivity contribution < 1.29 is 0 Å². The normalized spacial score (nSPS) is 11.0. The van der Waals surface area contributed by atoms with Crippen molar-refractivity contribution in [3.05, 3.63) is 24.4 Å². The summed E-state index contributed by atoms with van der Waals surface area (Å²) in [5.74, 6) is 0. The summed E-state index contributed by atoms with van der Waals surface area (Å²) in [5.41, 5.74) is 9.81. The van der Waals surface area contributed by atoms with Crippen LogP contribution >= 0.6 is 0 Å². The summed E-state index contributed by atoms with van der Waals surface area (Å²) in [6.45, 7) is 1.98. The first-order valence-electron chi connectivity index (χ1n) is 6.87. The molecule has 2 rings (SSSR count). The summed E-state index contributed by atoms with van der Waals surface area (Å²) in [4.78, 5) is 6.62. The van der Waals surface area contributed by atoms with Gasteiger partial charge in [0.25, 0.3) is 0 Å². The molecule has 20 heavy (non-hydrogen) atoms. The number of nitrogen functional groups attached to an aromatic ring is 1. The molecule has 108 valence electrons. The highest BCUT2D eigenvalue weighted by atomic mass is 15.1. The monoisotopic (exact) mass is 273 g/mol. The fourth-order valence-electron chi connectivity index (χ4n) is 2.26. The van der Waals surface area contributed by atoms with Crippen LogP contribution in [-0.2, 0) is 0 Å². The van der Waals surface area contributed by atoms with E-state index in [2.05, 4.69) is 34.6 Å². The van der Waals surface area contributed by atoms with E-state index in [1.165, 1.54) is 0 Å². The average molecular weight is 273 g/mol. The van der Waals surface area contributed by atoms with Gasteiger partial charge in [0.15, 0.2) is 0 Å². The van der Waals surface area contributed by atoms with Crippen LogP contribution < -0.4 is 16.4 Å². The molecule has 0 saturated carbocycles. The quantitative estimate of drug-likeness (QED) is 0.556. The molecule has 0 unspecified atom stereocenters. The van der Waals surface area contributed by atoms with Gasteiger partial charge in [-0.2, -0.15) is 0 Å². The average Bonchev–Trinajstić information content (AvgIpc) is 2.44. The highest BCUT2D eigenvalue weighted by Crippen LogP contribution is 2.32. The Bertz CT molecular complexity index is 580. The lowest BCUT2D eigenvalue weighted by Crippen LogP contribution is -2.16. The summed E-state index contributed by atoms with van der Waals surface area (Å²) in [5, 5.41) is 7.60. The summed E-state index contributed by atoms with van der Waals surface area (Å²) >= 11 is 0. The Morgan fingerprint density at radius 3 is 2.70 bits per heavy atom. The highest BCUT2D eigenvalue weighted by molar-refractivity contribution is 6.05. The predicted molar refractivity (Wildman–Crippen MR) is 87.4 cm³/mol. The van der Waals surface area contributed by atoms with Crippen LogP contribution in [0.2, 0.25) is 0 Å². The van der Waals surface area contributed by atoms with Crippen molar-refractivity contribution in [3.63, 3.8) is 0 Å². The molecule has 4 N–H and O–H groups in total. The second kappa shape index (κ2) is 6.43. The van der Waals surface area contributed by atoms with Crippen molar-refractivity contribution in [2.75, 3.05) is 50.6 Å². The molecule has 2 aromatic rings. The van der Waals surface area contributed by atoms with E-state index in [1.807, 2.05) is 31.4 Å². The minimum atomic E-state index is 0.752. The molecule has 5 nitrogen and oxygen atoms in total. The smallest absolute Gasteiger partial charge is 0.0974 e. The number of nitrogens with one attached hydrogen (secondary N) is 2. The molecule has 1 heterocycles. The maximum absolute atomic E-state index is 6.12. The van der Waals surface area contributed by atoms with Gasteiger partial charge in [-0.3, -0.25) is 4.98 Å². The third-order valence-corrected chi connectivity index (χ3v) is 3.29. The number of aromatic nitrogens is 1. The Morgan fingerprint density at radius 1 is 1.20 bits per heavy atom. The molecule has 1 aromatic heterocycles. The van der Waals surface area contributed by atoms with Crippen LogP contribution in [0.3, 0.4) is 0 Å². The van der Waals surface area contributed by atoms with Gasteiger partial charge >= 0.3 is 0 Å². The minimum Gasteiger partial charge on any atom is -0.398 e. The molecule has 0 saturated heterocycles. The number of hydrogen-bond donors (Lipinski definition) is 3. The molecular formula is C15H23N5. The maximum atomic E-state index is 6.12. The Labute approximate surface area is 120 Å². The SMILES string of the molecule is CNc1ccc(N)c2c(NCCCN(C)C)ccnc12. The third-order valence-electron chi connectivity index (χ3n) is 3.29. The lowest BCUT2D eigenvalue weighted by atomic mass is 10.1. The van der Waals surface area contributed by atoms with E-state index in [0.717, 1.165) is 47.5 Å². The molecule has 0 radical (unpaired) electrons. The van der Waals surface area contributed by atoms with Crippen molar-refractivity contribution in [2.45, 2.75) is 6.42 Å². The molecule has 1 aromatic carbocycles. The minimum absolute atomic E-state index is 0.752. The van der Waals surface area contributed by atoms with Gasteiger partial charge in [0, 0.05) is 36.6 Å². The zero-order valence-corrected chi connectivity index (χ0v) is 12.4. The molecule has 0 atom stereocenters. The van der Waals surface area contributed by atoms with E-state index < -0.39 is 0 Å². The molecule has 0 fully saturated rings. The number of anilines is 3. The van der Waals surface area contributed by atoms with Crippen LogP contribution in [-0.4, -0.2) is 44.1 Å². The Kier molecular flexibility index (Phi) is 4.63. The summed E-state index contributed by atoms with van der Waals surface area (Å²) in [6, 6.07) is 5.86. The topological polar surface area (TPSA) is 66.2 Å². The fraction of sp³-hybridized carbons (Fsp3) is 0.400. The standard InChI is InChI=1S/C15H23N5/c1-17-13-6-5-11(16)14-12(7-9-19-15(13)14)18-8-4-10-20(2)3/h5-7,9,17H,4,8,10,16H2,1-3H3,(H,18,19). The van der Waals surface area contributed by atoms with Gasteiger partial charge in [-0.05, 0) is 45.3 Å². The fourth-order valence-corrected chi connectivity index (χ4v) is 2.26. The third kappa shape index (κ3) is 3.11. The number of benzene rings is 1. The second-order valence-electron chi connectivity index (χ2n) is 5.12. The summed E-state index contributed by atoms with van der Waals surface area (Å²) < 4.78 is 0. The molecule has 0 aliphatic rings. The lowest BCUT2D eigenvalue weighted by Gasteiger charge is -2.14. The zero-order valence-electron chi connectivity index (χ0n) is 12.4. The van der Waals surface area contributed by atoms with Crippen molar-refractivity contribution >= 4 is 28.0 Å². The van der Waals surface area contributed by atoms with Gasteiger partial charge in [-0.1, -0.05) is 0 Å².